The second-order valence-corrected chi connectivity index (χ2v) is 13.5. The van der Waals surface area contributed by atoms with Gasteiger partial charge < -0.3 is 23.7 Å². The van der Waals surface area contributed by atoms with Crippen LogP contribution in [-0.4, -0.2) is 61.1 Å². The van der Waals surface area contributed by atoms with Crippen LogP contribution in [0.5, 0.6) is 0 Å². The molecule has 0 aromatic carbocycles. The standard InChI is InChI=1S/C26H43N3O9/c1-23(2,3)19(30)34-13-14(28-29-27)15-16(36-20(31)24(4,5)6)17(37-21(32)25(7,8)9)18(35-15)38-22(33)26(10,11)12/h14-18H,13H2,1-12H3/t14?,15-,16+,17?,18?/m0/s1. The van der Waals surface area contributed by atoms with Crippen LogP contribution in [0.4, 0.5) is 0 Å². The number of ether oxygens (including phenoxy) is 5. The van der Waals surface area contributed by atoms with Crippen LogP contribution in [0, 0.1) is 21.7 Å². The van der Waals surface area contributed by atoms with Crippen molar-refractivity contribution < 1.29 is 42.9 Å². The van der Waals surface area contributed by atoms with E-state index in [0.29, 0.717) is 0 Å². The number of azide groups is 1. The summed E-state index contributed by atoms with van der Waals surface area (Å²) in [5.74, 6) is -2.56. The summed E-state index contributed by atoms with van der Waals surface area (Å²) < 4.78 is 28.3. The van der Waals surface area contributed by atoms with Crippen LogP contribution in [0.1, 0.15) is 83.1 Å². The lowest BCUT2D eigenvalue weighted by molar-refractivity contribution is -0.207. The molecule has 0 radical (unpaired) electrons. The molecule has 0 aromatic rings. The van der Waals surface area contributed by atoms with E-state index in [1.165, 1.54) is 0 Å². The summed E-state index contributed by atoms with van der Waals surface area (Å²) in [6, 6.07) is -1.21. The summed E-state index contributed by atoms with van der Waals surface area (Å²) in [6.45, 7) is 19.2. The van der Waals surface area contributed by atoms with Gasteiger partial charge in [0, 0.05) is 4.91 Å². The molecule has 0 amide bonds. The average molecular weight is 542 g/mol. The maximum absolute atomic E-state index is 12.9. The van der Waals surface area contributed by atoms with E-state index in [0.717, 1.165) is 0 Å². The molecule has 1 fully saturated rings. The van der Waals surface area contributed by atoms with Crippen molar-refractivity contribution in [3.8, 4) is 0 Å². The zero-order chi connectivity index (χ0) is 29.9. The molecular formula is C26H43N3O9. The Morgan fingerprint density at radius 3 is 1.50 bits per heavy atom. The highest BCUT2D eigenvalue weighted by molar-refractivity contribution is 5.78. The summed E-state index contributed by atoms with van der Waals surface area (Å²) in [5, 5.41) is 3.71. The van der Waals surface area contributed by atoms with Gasteiger partial charge in [0.2, 0.25) is 12.4 Å². The Labute approximate surface area is 224 Å². The summed E-state index contributed by atoms with van der Waals surface area (Å²) in [5.41, 5.74) is 5.54. The number of carbonyl (C=O) groups excluding carboxylic acids is 4. The Balaban J connectivity index is 3.57. The fraction of sp³-hybridized carbons (Fsp3) is 0.846. The van der Waals surface area contributed by atoms with E-state index >= 15 is 0 Å². The molecule has 0 saturated carbocycles. The van der Waals surface area contributed by atoms with E-state index < -0.39 is 82.8 Å². The van der Waals surface area contributed by atoms with Gasteiger partial charge in [0.15, 0.2) is 6.10 Å². The lowest BCUT2D eigenvalue weighted by Crippen LogP contribution is -2.48. The van der Waals surface area contributed by atoms with Crippen LogP contribution in [0.15, 0.2) is 5.11 Å². The Kier molecular flexibility index (Phi) is 10.4. The highest BCUT2D eigenvalue weighted by Gasteiger charge is 2.56. The van der Waals surface area contributed by atoms with E-state index in [9.17, 15) is 24.7 Å². The van der Waals surface area contributed by atoms with E-state index in [2.05, 4.69) is 10.0 Å². The first kappa shape index (κ1) is 33.2. The normalized spacial score (nSPS) is 23.1. The third kappa shape index (κ3) is 9.16. The highest BCUT2D eigenvalue weighted by Crippen LogP contribution is 2.35. The summed E-state index contributed by atoms with van der Waals surface area (Å²) in [4.78, 5) is 53.8. The molecule has 216 valence electrons. The molecule has 12 heteroatoms. The average Bonchev–Trinajstić information content (AvgIpc) is 3.04. The molecule has 1 rings (SSSR count). The Hall–Kier alpha value is -2.85. The molecule has 3 unspecified atom stereocenters. The van der Waals surface area contributed by atoms with Crippen molar-refractivity contribution in [2.24, 2.45) is 26.8 Å². The molecular weight excluding hydrogens is 498 g/mol. The van der Waals surface area contributed by atoms with Gasteiger partial charge in [-0.25, -0.2) is 0 Å². The van der Waals surface area contributed by atoms with E-state index in [-0.39, 0.29) is 0 Å². The largest absolute Gasteiger partial charge is 0.465 e. The predicted molar refractivity (Wildman–Crippen MR) is 136 cm³/mol. The van der Waals surface area contributed by atoms with Crippen molar-refractivity contribution in [3.63, 3.8) is 0 Å². The predicted octanol–water partition coefficient (Wildman–Crippen LogP) is 4.48. The first-order chi connectivity index (χ1) is 17.0. The summed E-state index contributed by atoms with van der Waals surface area (Å²) in [7, 11) is 0. The topological polar surface area (TPSA) is 163 Å². The monoisotopic (exact) mass is 541 g/mol. The third-order valence-corrected chi connectivity index (χ3v) is 5.33. The number of carbonyl (C=O) groups is 4. The van der Waals surface area contributed by atoms with E-state index in [1.807, 2.05) is 0 Å². The van der Waals surface area contributed by atoms with Crippen LogP contribution in [0.2, 0.25) is 0 Å². The lowest BCUT2D eigenvalue weighted by Gasteiger charge is -2.30. The fourth-order valence-electron chi connectivity index (χ4n) is 2.83. The molecule has 1 heterocycles. The van der Waals surface area contributed by atoms with Gasteiger partial charge in [0.1, 0.15) is 18.8 Å². The zero-order valence-corrected chi connectivity index (χ0v) is 24.6. The van der Waals surface area contributed by atoms with Gasteiger partial charge in [-0.1, -0.05) is 5.11 Å². The van der Waals surface area contributed by atoms with Crippen molar-refractivity contribution in [1.82, 2.24) is 0 Å². The molecule has 5 atom stereocenters. The second kappa shape index (κ2) is 11.9. The first-order valence-electron chi connectivity index (χ1n) is 12.5. The SMILES string of the molecule is CC(C)(C)C(=O)OCC(N=[N+]=[N-])[C@@H]1OC(OC(=O)C(C)(C)C)C(OC(=O)C(C)(C)C)[C@@H]1OC(=O)C(C)(C)C. The first-order valence-corrected chi connectivity index (χ1v) is 12.5. The number of nitrogens with zero attached hydrogens (tertiary/aromatic N) is 3. The van der Waals surface area contributed by atoms with Gasteiger partial charge in [-0.15, -0.1) is 0 Å². The minimum Gasteiger partial charge on any atom is -0.465 e. The molecule has 0 spiro atoms. The van der Waals surface area contributed by atoms with Gasteiger partial charge in [-0.05, 0) is 88.6 Å². The Morgan fingerprint density at radius 2 is 1.11 bits per heavy atom. The minimum atomic E-state index is -1.49. The van der Waals surface area contributed by atoms with Crippen molar-refractivity contribution in [2.75, 3.05) is 6.61 Å². The number of esters is 4. The molecule has 0 aromatic heterocycles. The fourth-order valence-corrected chi connectivity index (χ4v) is 2.83. The third-order valence-electron chi connectivity index (χ3n) is 5.33. The molecule has 0 bridgehead atoms. The minimum absolute atomic E-state index is 0.422. The molecule has 1 saturated heterocycles. The van der Waals surface area contributed by atoms with Crippen LogP contribution >= 0.6 is 0 Å². The smallest absolute Gasteiger partial charge is 0.313 e. The molecule has 0 N–H and O–H groups in total. The maximum atomic E-state index is 12.9. The van der Waals surface area contributed by atoms with E-state index in [4.69, 9.17) is 23.7 Å². The van der Waals surface area contributed by atoms with Crippen molar-refractivity contribution in [3.05, 3.63) is 10.4 Å². The number of rotatable bonds is 7. The zero-order valence-electron chi connectivity index (χ0n) is 24.6. The molecule has 1 aliphatic rings. The highest BCUT2D eigenvalue weighted by atomic mass is 16.7. The quantitative estimate of drug-likeness (QED) is 0.148. The van der Waals surface area contributed by atoms with Crippen LogP contribution in [0.3, 0.4) is 0 Å². The van der Waals surface area contributed by atoms with Crippen molar-refractivity contribution in [1.29, 1.82) is 0 Å². The van der Waals surface area contributed by atoms with Gasteiger partial charge in [0.25, 0.3) is 0 Å². The Bertz CT molecular complexity index is 945. The van der Waals surface area contributed by atoms with Gasteiger partial charge in [-0.3, -0.25) is 19.2 Å². The van der Waals surface area contributed by atoms with Crippen LogP contribution in [0.25, 0.3) is 10.4 Å². The summed E-state index contributed by atoms with van der Waals surface area (Å²) in [6.07, 6.45) is -5.51. The van der Waals surface area contributed by atoms with Gasteiger partial charge >= 0.3 is 23.9 Å². The number of hydrogen-bond acceptors (Lipinski definition) is 10. The molecule has 38 heavy (non-hydrogen) atoms. The molecule has 0 aliphatic carbocycles. The Morgan fingerprint density at radius 1 is 0.711 bits per heavy atom. The van der Waals surface area contributed by atoms with Crippen molar-refractivity contribution in [2.45, 2.75) is 114 Å². The second-order valence-electron chi connectivity index (χ2n) is 13.5. The van der Waals surface area contributed by atoms with Gasteiger partial charge in [0.05, 0.1) is 21.7 Å². The molecule has 1 aliphatic heterocycles. The lowest BCUT2D eigenvalue weighted by atomic mass is 9.95. The molecule has 12 nitrogen and oxygen atoms in total. The van der Waals surface area contributed by atoms with E-state index in [1.54, 1.807) is 83.1 Å². The summed E-state index contributed by atoms with van der Waals surface area (Å²) >= 11 is 0. The van der Waals surface area contributed by atoms with Crippen molar-refractivity contribution >= 4 is 23.9 Å². The maximum Gasteiger partial charge on any atom is 0.313 e. The van der Waals surface area contributed by atoms with Crippen LogP contribution in [-0.2, 0) is 42.9 Å². The van der Waals surface area contributed by atoms with Gasteiger partial charge in [-0.2, -0.15) is 0 Å². The van der Waals surface area contributed by atoms with Crippen LogP contribution < -0.4 is 0 Å². The number of hydrogen-bond donors (Lipinski definition) is 0.